The summed E-state index contributed by atoms with van der Waals surface area (Å²) >= 11 is 0. The van der Waals surface area contributed by atoms with Gasteiger partial charge in [0.15, 0.2) is 0 Å². The molecular formula is C14H24N4. The van der Waals surface area contributed by atoms with Gasteiger partial charge >= 0.3 is 0 Å². The van der Waals surface area contributed by atoms with E-state index in [0.29, 0.717) is 12.0 Å². The molecule has 0 spiro atoms. The van der Waals surface area contributed by atoms with Crippen LogP contribution in [0.4, 0.5) is 0 Å². The van der Waals surface area contributed by atoms with Gasteiger partial charge in [-0.05, 0) is 45.3 Å². The topological polar surface area (TPSA) is 47.1 Å². The van der Waals surface area contributed by atoms with E-state index in [1.807, 2.05) is 0 Å². The zero-order chi connectivity index (χ0) is 12.5. The Morgan fingerprint density at radius 3 is 2.83 bits per heavy atom. The summed E-state index contributed by atoms with van der Waals surface area (Å²) in [6.07, 6.45) is 6.79. The van der Waals surface area contributed by atoms with Crippen molar-refractivity contribution in [2.45, 2.75) is 51.1 Å². The number of aromatic nitrogens is 2. The van der Waals surface area contributed by atoms with Crippen LogP contribution < -0.4 is 5.73 Å². The second-order valence-electron chi connectivity index (χ2n) is 5.73. The van der Waals surface area contributed by atoms with E-state index < -0.39 is 0 Å². The predicted octanol–water partition coefficient (Wildman–Crippen LogP) is 1.36. The van der Waals surface area contributed by atoms with Gasteiger partial charge in [-0.15, -0.1) is 0 Å². The molecule has 0 aromatic carbocycles. The monoisotopic (exact) mass is 248 g/mol. The minimum Gasteiger partial charge on any atom is -0.330 e. The number of imidazole rings is 1. The van der Waals surface area contributed by atoms with Gasteiger partial charge in [-0.3, -0.25) is 0 Å². The number of nitrogens with two attached hydrogens (primary N) is 1. The second kappa shape index (κ2) is 5.02. The van der Waals surface area contributed by atoms with Gasteiger partial charge in [-0.25, -0.2) is 4.98 Å². The lowest BCUT2D eigenvalue weighted by atomic mass is 9.95. The second-order valence-corrected chi connectivity index (χ2v) is 5.73. The summed E-state index contributed by atoms with van der Waals surface area (Å²) in [5, 5.41) is 0. The standard InChI is InChI=1S/C14H24N4/c1-2-17-7-5-11(6-8-17)14-16-9-13-4-3-12(15)10-18(13)14/h9,11-12H,2-8,10,15H2,1H3. The third kappa shape index (κ3) is 2.19. The lowest BCUT2D eigenvalue weighted by Gasteiger charge is -2.32. The van der Waals surface area contributed by atoms with Crippen molar-refractivity contribution >= 4 is 0 Å². The first-order chi connectivity index (χ1) is 8.78. The first-order valence-corrected chi connectivity index (χ1v) is 7.30. The van der Waals surface area contributed by atoms with Crippen LogP contribution in [0.1, 0.15) is 43.6 Å². The molecule has 1 fully saturated rings. The summed E-state index contributed by atoms with van der Waals surface area (Å²) in [5.41, 5.74) is 7.49. The fraction of sp³-hybridized carbons (Fsp3) is 0.786. The van der Waals surface area contributed by atoms with Crippen molar-refractivity contribution in [3.63, 3.8) is 0 Å². The van der Waals surface area contributed by atoms with Gasteiger partial charge in [0.25, 0.3) is 0 Å². The van der Waals surface area contributed by atoms with Crippen molar-refractivity contribution in [1.29, 1.82) is 0 Å². The number of fused-ring (bicyclic) bond motifs is 1. The van der Waals surface area contributed by atoms with Gasteiger partial charge < -0.3 is 15.2 Å². The lowest BCUT2D eigenvalue weighted by molar-refractivity contribution is 0.216. The van der Waals surface area contributed by atoms with Gasteiger partial charge in [-0.1, -0.05) is 6.92 Å². The van der Waals surface area contributed by atoms with Crippen LogP contribution in [0.3, 0.4) is 0 Å². The van der Waals surface area contributed by atoms with Crippen LogP contribution in [0.5, 0.6) is 0 Å². The molecule has 2 aliphatic heterocycles. The molecule has 1 aromatic heterocycles. The summed E-state index contributed by atoms with van der Waals surface area (Å²) in [5.74, 6) is 1.95. The molecule has 0 amide bonds. The molecule has 2 aliphatic rings. The van der Waals surface area contributed by atoms with Crippen molar-refractivity contribution in [3.8, 4) is 0 Å². The third-order valence-electron chi connectivity index (χ3n) is 4.56. The van der Waals surface area contributed by atoms with Gasteiger partial charge in [-0.2, -0.15) is 0 Å². The van der Waals surface area contributed by atoms with E-state index in [9.17, 15) is 0 Å². The molecule has 100 valence electrons. The molecule has 3 rings (SSSR count). The maximum absolute atomic E-state index is 6.09. The van der Waals surface area contributed by atoms with Crippen LogP contribution in [0.15, 0.2) is 6.20 Å². The molecule has 0 radical (unpaired) electrons. The number of nitrogens with zero attached hydrogens (tertiary/aromatic N) is 3. The number of likely N-dealkylation sites (tertiary alicyclic amines) is 1. The summed E-state index contributed by atoms with van der Waals surface area (Å²) in [6, 6.07) is 0.321. The molecule has 0 aliphatic carbocycles. The number of piperidine rings is 1. The van der Waals surface area contributed by atoms with Crippen LogP contribution in [0.25, 0.3) is 0 Å². The fourth-order valence-electron chi connectivity index (χ4n) is 3.33. The molecule has 1 saturated heterocycles. The first-order valence-electron chi connectivity index (χ1n) is 7.30. The van der Waals surface area contributed by atoms with Crippen molar-refractivity contribution < 1.29 is 0 Å². The van der Waals surface area contributed by atoms with E-state index >= 15 is 0 Å². The Bertz CT molecular complexity index is 404. The van der Waals surface area contributed by atoms with E-state index in [1.54, 1.807) is 0 Å². The van der Waals surface area contributed by atoms with Crippen LogP contribution in [-0.2, 0) is 13.0 Å². The zero-order valence-corrected chi connectivity index (χ0v) is 11.3. The van der Waals surface area contributed by atoms with Crippen molar-refractivity contribution in [3.05, 3.63) is 17.7 Å². The van der Waals surface area contributed by atoms with Crippen molar-refractivity contribution in [1.82, 2.24) is 14.5 Å². The molecule has 3 heterocycles. The lowest BCUT2D eigenvalue weighted by Crippen LogP contribution is -2.36. The minimum atomic E-state index is 0.321. The molecule has 4 nitrogen and oxygen atoms in total. The van der Waals surface area contributed by atoms with Crippen LogP contribution in [0, 0.1) is 0 Å². The summed E-state index contributed by atoms with van der Waals surface area (Å²) in [6.45, 7) is 6.83. The SMILES string of the molecule is CCN1CCC(c2ncc3n2CC(N)CC3)CC1. The highest BCUT2D eigenvalue weighted by Crippen LogP contribution is 2.29. The zero-order valence-electron chi connectivity index (χ0n) is 11.3. The third-order valence-corrected chi connectivity index (χ3v) is 4.56. The average molecular weight is 248 g/mol. The van der Waals surface area contributed by atoms with Crippen LogP contribution in [0.2, 0.25) is 0 Å². The minimum absolute atomic E-state index is 0.321. The molecule has 2 N–H and O–H groups in total. The molecule has 18 heavy (non-hydrogen) atoms. The van der Waals surface area contributed by atoms with E-state index in [2.05, 4.69) is 22.6 Å². The highest BCUT2D eigenvalue weighted by molar-refractivity contribution is 5.13. The number of aryl methyl sites for hydroxylation is 1. The van der Waals surface area contributed by atoms with Gasteiger partial charge in [0.05, 0.1) is 0 Å². The first kappa shape index (κ1) is 12.2. The summed E-state index contributed by atoms with van der Waals surface area (Å²) in [7, 11) is 0. The van der Waals surface area contributed by atoms with Crippen LogP contribution in [-0.4, -0.2) is 40.1 Å². The van der Waals surface area contributed by atoms with Gasteiger partial charge in [0.1, 0.15) is 5.82 Å². The molecule has 1 aromatic rings. The maximum Gasteiger partial charge on any atom is 0.112 e. The Morgan fingerprint density at radius 2 is 2.11 bits per heavy atom. The average Bonchev–Trinajstić information content (AvgIpc) is 2.82. The highest BCUT2D eigenvalue weighted by atomic mass is 15.1. The van der Waals surface area contributed by atoms with Crippen molar-refractivity contribution in [2.24, 2.45) is 5.73 Å². The molecule has 4 heteroatoms. The number of rotatable bonds is 2. The number of hydrogen-bond donors (Lipinski definition) is 1. The quantitative estimate of drug-likeness (QED) is 0.859. The predicted molar refractivity (Wildman–Crippen MR) is 72.6 cm³/mol. The molecule has 1 unspecified atom stereocenters. The summed E-state index contributed by atoms with van der Waals surface area (Å²) < 4.78 is 2.40. The van der Waals surface area contributed by atoms with Gasteiger partial charge in [0, 0.05) is 30.4 Å². The highest BCUT2D eigenvalue weighted by Gasteiger charge is 2.26. The molecular weight excluding hydrogens is 224 g/mol. The Balaban J connectivity index is 1.75. The normalized spacial score (nSPS) is 26.2. The van der Waals surface area contributed by atoms with Gasteiger partial charge in [0.2, 0.25) is 0 Å². The van der Waals surface area contributed by atoms with E-state index in [1.165, 1.54) is 44.0 Å². The summed E-state index contributed by atoms with van der Waals surface area (Å²) in [4.78, 5) is 7.23. The maximum atomic E-state index is 6.09. The fourth-order valence-corrected chi connectivity index (χ4v) is 3.33. The Labute approximate surface area is 109 Å². The molecule has 0 bridgehead atoms. The smallest absolute Gasteiger partial charge is 0.112 e. The largest absolute Gasteiger partial charge is 0.330 e. The Kier molecular flexibility index (Phi) is 3.39. The Morgan fingerprint density at radius 1 is 1.33 bits per heavy atom. The molecule has 0 saturated carbocycles. The van der Waals surface area contributed by atoms with E-state index in [4.69, 9.17) is 10.7 Å². The van der Waals surface area contributed by atoms with Crippen molar-refractivity contribution in [2.75, 3.05) is 19.6 Å². The Hall–Kier alpha value is -0.870. The number of hydrogen-bond acceptors (Lipinski definition) is 3. The van der Waals surface area contributed by atoms with E-state index in [-0.39, 0.29) is 0 Å². The molecule has 1 atom stereocenters. The van der Waals surface area contributed by atoms with E-state index in [0.717, 1.165) is 19.4 Å². The van der Waals surface area contributed by atoms with Crippen LogP contribution >= 0.6 is 0 Å².